The van der Waals surface area contributed by atoms with Crippen LogP contribution in [0.1, 0.15) is 27.7 Å². The zero-order valence-electron chi connectivity index (χ0n) is 10.1. The first-order valence-electron chi connectivity index (χ1n) is 4.01. The van der Waals surface area contributed by atoms with E-state index in [0.29, 0.717) is 0 Å². The van der Waals surface area contributed by atoms with E-state index < -0.39 is 0 Å². The molecule has 0 aromatic carbocycles. The van der Waals surface area contributed by atoms with E-state index in [1.807, 2.05) is 0 Å². The van der Waals surface area contributed by atoms with Gasteiger partial charge in [0.05, 0.1) is 11.5 Å². The first kappa shape index (κ1) is 29.8. The van der Waals surface area contributed by atoms with Crippen LogP contribution < -0.4 is 0 Å². The van der Waals surface area contributed by atoms with E-state index in [0.717, 1.165) is 0 Å². The maximum absolute atomic E-state index is 10.0. The largest absolute Gasteiger partial charge is 4.00 e. The number of aliphatic hydroxyl groups excluding tert-OH is 2. The van der Waals surface area contributed by atoms with E-state index in [4.69, 9.17) is 10.2 Å². The molecule has 0 aliphatic rings. The summed E-state index contributed by atoms with van der Waals surface area (Å²) >= 11 is 0. The smallest absolute Gasteiger partial charge is 2.00 e. The van der Waals surface area contributed by atoms with Crippen molar-refractivity contribution in [3.05, 3.63) is 23.7 Å². The molecule has 0 saturated carbocycles. The van der Waals surface area contributed by atoms with Crippen LogP contribution in [0.4, 0.5) is 0 Å². The van der Waals surface area contributed by atoms with Gasteiger partial charge in [0, 0.05) is 12.2 Å². The van der Waals surface area contributed by atoms with E-state index in [-0.39, 0.29) is 55.1 Å². The number of ketones is 2. The van der Waals surface area contributed by atoms with Crippen molar-refractivity contribution in [1.82, 2.24) is 0 Å². The third kappa shape index (κ3) is 51.6. The van der Waals surface area contributed by atoms with E-state index in [2.05, 4.69) is 0 Å². The Bertz CT molecular complexity index is 234. The second-order valence-corrected chi connectivity index (χ2v) is 2.79. The first-order valence-corrected chi connectivity index (χ1v) is 4.01. The molecule has 0 bridgehead atoms. The van der Waals surface area contributed by atoms with Crippen LogP contribution in [0.5, 0.6) is 0 Å². The molecule has 0 aliphatic heterocycles. The molecule has 0 aromatic heterocycles. The molecule has 98 valence electrons. The van der Waals surface area contributed by atoms with Gasteiger partial charge in [-0.05, 0) is 27.7 Å². The molecule has 0 heterocycles. The topological polar surface area (TPSA) is 132 Å². The number of carbonyl (C=O) groups excluding carboxylic acids is 2. The summed E-state index contributed by atoms with van der Waals surface area (Å²) in [4.78, 5) is 20.0. The van der Waals surface area contributed by atoms with Gasteiger partial charge in [0.1, 0.15) is 0 Å². The fraction of sp³-hybridized carbons (Fsp3) is 0.400. The van der Waals surface area contributed by atoms with Gasteiger partial charge >= 0.3 is 21.1 Å². The van der Waals surface area contributed by atoms with Crippen LogP contribution in [-0.4, -0.2) is 21.8 Å². The molecule has 6 nitrogen and oxygen atoms in total. The Balaban J connectivity index is -0.0000000480. The summed E-state index contributed by atoms with van der Waals surface area (Å²) in [5.74, 6) is -0.125. The van der Waals surface area contributed by atoms with Gasteiger partial charge < -0.3 is 21.2 Å². The summed E-state index contributed by atoms with van der Waals surface area (Å²) in [6, 6.07) is 0. The van der Waals surface area contributed by atoms with Gasteiger partial charge in [-0.1, -0.05) is 0 Å². The molecule has 2 N–H and O–H groups in total. The third-order valence-corrected chi connectivity index (χ3v) is 0.824. The molecule has 0 unspecified atom stereocenters. The predicted octanol–water partition coefficient (Wildman–Crippen LogP) is 1.83. The quantitative estimate of drug-likeness (QED) is 0.454. The van der Waals surface area contributed by atoms with Crippen molar-refractivity contribution < 1.29 is 51.8 Å². The summed E-state index contributed by atoms with van der Waals surface area (Å²) < 4.78 is 0. The average molecular weight is 328 g/mol. The van der Waals surface area contributed by atoms with Crippen molar-refractivity contribution in [3.63, 3.8) is 0 Å². The predicted molar refractivity (Wildman–Crippen MR) is 55.5 cm³/mol. The maximum atomic E-state index is 10.0. The van der Waals surface area contributed by atoms with Crippen LogP contribution in [-0.2, 0) is 41.6 Å². The Hall–Kier alpha value is -0.972. The molecule has 0 rings (SSSR count). The van der Waals surface area contributed by atoms with Crippen LogP contribution in [0, 0.1) is 0 Å². The summed E-state index contributed by atoms with van der Waals surface area (Å²) in [6.45, 7) is 5.70. The molecule has 0 atom stereocenters. The van der Waals surface area contributed by atoms with Crippen molar-refractivity contribution in [2.45, 2.75) is 27.7 Å². The minimum absolute atomic E-state index is 0. The number of hydrogen-bond donors (Lipinski definition) is 2. The average Bonchev–Trinajstić information content (AvgIpc) is 1.79. The summed E-state index contributed by atoms with van der Waals surface area (Å²) in [6.07, 6.45) is 2.33. The van der Waals surface area contributed by atoms with Crippen LogP contribution in [0.15, 0.2) is 23.7 Å². The molecule has 0 amide bonds. The normalized spacial score (nSPS) is 9.41. The Morgan fingerprint density at radius 1 is 0.765 bits per heavy atom. The Labute approximate surface area is 115 Å². The van der Waals surface area contributed by atoms with Gasteiger partial charge in [-0.25, -0.2) is 0 Å². The molecule has 0 saturated heterocycles. The molecule has 0 spiro atoms. The maximum Gasteiger partial charge on any atom is 4.00 e. The number of aliphatic hydroxyl groups is 2. The van der Waals surface area contributed by atoms with Gasteiger partial charge in [-0.3, -0.25) is 9.59 Å². The number of rotatable bonds is 2. The Kier molecular flexibility index (Phi) is 30.5. The van der Waals surface area contributed by atoms with Gasteiger partial charge in [-0.2, -0.15) is 0 Å². The minimum Gasteiger partial charge on any atom is -2.00 e. The number of carbonyl (C=O) groups is 2. The molecular weight excluding hydrogens is 312 g/mol. The van der Waals surface area contributed by atoms with Crippen molar-refractivity contribution >= 4 is 11.6 Å². The van der Waals surface area contributed by atoms with E-state index in [1.54, 1.807) is 0 Å². The summed E-state index contributed by atoms with van der Waals surface area (Å²) in [5, 5.41) is 16.7. The van der Waals surface area contributed by atoms with Crippen LogP contribution in [0.2, 0.25) is 0 Å². The zero-order chi connectivity index (χ0) is 11.7. The minimum atomic E-state index is -0.125. The molecule has 0 aromatic rings. The van der Waals surface area contributed by atoms with E-state index in [1.165, 1.54) is 39.8 Å². The molecular formula is C10H16MoO6. The SMILES string of the molecule is CC(=O)/C=C(/C)O.CC(=O)/C=C(/C)O.[Mo+4].[O-2].[O-2]. The van der Waals surface area contributed by atoms with Crippen LogP contribution >= 0.6 is 0 Å². The molecule has 17 heavy (non-hydrogen) atoms. The van der Waals surface area contributed by atoms with Crippen molar-refractivity contribution in [1.29, 1.82) is 0 Å². The Morgan fingerprint density at radius 2 is 0.941 bits per heavy atom. The van der Waals surface area contributed by atoms with Crippen LogP contribution in [0.3, 0.4) is 0 Å². The molecule has 7 heteroatoms. The van der Waals surface area contributed by atoms with Crippen molar-refractivity contribution in [2.75, 3.05) is 0 Å². The Morgan fingerprint density at radius 3 is 0.941 bits per heavy atom. The van der Waals surface area contributed by atoms with E-state index >= 15 is 0 Å². The third-order valence-electron chi connectivity index (χ3n) is 0.824. The van der Waals surface area contributed by atoms with Gasteiger partial charge in [0.25, 0.3) is 0 Å². The second kappa shape index (κ2) is 17.4. The van der Waals surface area contributed by atoms with Gasteiger partial charge in [-0.15, -0.1) is 0 Å². The zero-order valence-corrected chi connectivity index (χ0v) is 12.1. The molecule has 0 radical (unpaired) electrons. The fourth-order valence-electron chi connectivity index (χ4n) is 0.588. The monoisotopic (exact) mass is 330 g/mol. The number of allylic oxidation sites excluding steroid dienone is 4. The van der Waals surface area contributed by atoms with Crippen molar-refractivity contribution in [2.24, 2.45) is 0 Å². The molecule has 0 aliphatic carbocycles. The van der Waals surface area contributed by atoms with Crippen LogP contribution in [0.25, 0.3) is 0 Å². The fourth-order valence-corrected chi connectivity index (χ4v) is 0.588. The molecule has 0 fully saturated rings. The van der Waals surface area contributed by atoms with E-state index in [9.17, 15) is 9.59 Å². The number of hydrogen-bond acceptors (Lipinski definition) is 4. The van der Waals surface area contributed by atoms with Crippen molar-refractivity contribution in [3.8, 4) is 0 Å². The first-order chi connectivity index (χ1) is 6.25. The summed E-state index contributed by atoms with van der Waals surface area (Å²) in [5.41, 5.74) is 0. The van der Waals surface area contributed by atoms with Gasteiger partial charge in [0.15, 0.2) is 11.6 Å². The summed E-state index contributed by atoms with van der Waals surface area (Å²) in [7, 11) is 0. The second-order valence-electron chi connectivity index (χ2n) is 2.79. The van der Waals surface area contributed by atoms with Gasteiger partial charge in [0.2, 0.25) is 0 Å². The standard InChI is InChI=1S/2C5H8O2.Mo.2O/c2*1-4(6)3-5(2)7;;;/h2*3,6H,1-2H3;;;/q;;+4;2*-2/b2*4-3-;;;.